The van der Waals surface area contributed by atoms with Crippen LogP contribution in [0.25, 0.3) is 22.2 Å². The summed E-state index contributed by atoms with van der Waals surface area (Å²) in [6, 6.07) is 20.9. The number of aryl methyl sites for hydroxylation is 1. The van der Waals surface area contributed by atoms with Gasteiger partial charge in [-0.25, -0.2) is 17.7 Å². The molecule has 164 valence electrons. The van der Waals surface area contributed by atoms with Crippen LogP contribution in [0.1, 0.15) is 10.4 Å². The molecule has 0 radical (unpaired) electrons. The molecule has 0 aliphatic heterocycles. The molecular formula is C24H23N3O3S2. The minimum Gasteiger partial charge on any atom is -0.343 e. The van der Waals surface area contributed by atoms with Crippen LogP contribution in [0.4, 0.5) is 0 Å². The number of Topliss-reactive ketones (excluding diaryl/α,β-unsaturated/α-hetero) is 1. The van der Waals surface area contributed by atoms with E-state index in [2.05, 4.69) is 9.55 Å². The van der Waals surface area contributed by atoms with Crippen LogP contribution in [0, 0.1) is 0 Å². The van der Waals surface area contributed by atoms with Crippen LogP contribution in [0.3, 0.4) is 0 Å². The number of carbonyl (C=O) groups excluding carboxylic acids is 1. The Morgan fingerprint density at radius 2 is 1.69 bits per heavy atom. The van der Waals surface area contributed by atoms with Crippen molar-refractivity contribution in [2.24, 2.45) is 7.05 Å². The van der Waals surface area contributed by atoms with Crippen LogP contribution in [-0.2, 0) is 17.1 Å². The standard InChI is InChI=1S/C24H23N3O3S2/c1-26(2)32(29,30)18-13-14-22(25-15-18)31-16-21(28)23-19-11-7-8-12-20(19)27(3)24(23)17-9-5-4-6-10-17/h4-15H,16H2,1-3H3. The highest BCUT2D eigenvalue weighted by Gasteiger charge is 2.22. The number of carbonyl (C=O) groups is 1. The zero-order valence-corrected chi connectivity index (χ0v) is 19.7. The Kier molecular flexibility index (Phi) is 6.19. The highest BCUT2D eigenvalue weighted by molar-refractivity contribution is 7.99. The molecule has 0 N–H and O–H groups in total. The summed E-state index contributed by atoms with van der Waals surface area (Å²) in [6.45, 7) is 0. The predicted octanol–water partition coefficient (Wildman–Crippen LogP) is 4.47. The summed E-state index contributed by atoms with van der Waals surface area (Å²) in [7, 11) is 1.39. The van der Waals surface area contributed by atoms with E-state index in [0.29, 0.717) is 10.6 Å². The minimum atomic E-state index is -3.53. The molecule has 6 nitrogen and oxygen atoms in total. The molecule has 0 bridgehead atoms. The zero-order chi connectivity index (χ0) is 22.9. The Labute approximate surface area is 191 Å². The van der Waals surface area contributed by atoms with Gasteiger partial charge in [0.15, 0.2) is 5.78 Å². The number of sulfonamides is 1. The zero-order valence-electron chi connectivity index (χ0n) is 18.0. The maximum Gasteiger partial charge on any atom is 0.244 e. The molecule has 0 saturated carbocycles. The van der Waals surface area contributed by atoms with Crippen LogP contribution < -0.4 is 0 Å². The van der Waals surface area contributed by atoms with E-state index < -0.39 is 10.0 Å². The fourth-order valence-electron chi connectivity index (χ4n) is 3.64. The lowest BCUT2D eigenvalue weighted by Gasteiger charge is -2.11. The van der Waals surface area contributed by atoms with Crippen molar-refractivity contribution < 1.29 is 13.2 Å². The van der Waals surface area contributed by atoms with Crippen molar-refractivity contribution in [2.75, 3.05) is 19.8 Å². The molecule has 0 amide bonds. The summed E-state index contributed by atoms with van der Waals surface area (Å²) in [5, 5.41) is 1.51. The van der Waals surface area contributed by atoms with E-state index in [9.17, 15) is 13.2 Å². The Hall–Kier alpha value is -2.94. The molecule has 0 aliphatic rings. The largest absolute Gasteiger partial charge is 0.343 e. The molecule has 0 atom stereocenters. The molecule has 8 heteroatoms. The molecule has 4 rings (SSSR count). The third-order valence-corrected chi connectivity index (χ3v) is 8.01. The number of nitrogens with zero attached hydrogens (tertiary/aromatic N) is 3. The summed E-state index contributed by atoms with van der Waals surface area (Å²) in [4.78, 5) is 17.8. The molecule has 0 fully saturated rings. The molecule has 2 aromatic heterocycles. The maximum atomic E-state index is 13.4. The number of para-hydroxylation sites is 1. The first kappa shape index (κ1) is 22.3. The molecular weight excluding hydrogens is 442 g/mol. The monoisotopic (exact) mass is 465 g/mol. The smallest absolute Gasteiger partial charge is 0.244 e. The van der Waals surface area contributed by atoms with Crippen LogP contribution in [0.15, 0.2) is 82.8 Å². The Morgan fingerprint density at radius 1 is 1.00 bits per heavy atom. The van der Waals surface area contributed by atoms with Crippen LogP contribution in [0.5, 0.6) is 0 Å². The van der Waals surface area contributed by atoms with Crippen LogP contribution in [-0.4, -0.2) is 47.9 Å². The lowest BCUT2D eigenvalue weighted by Crippen LogP contribution is -2.22. The van der Waals surface area contributed by atoms with Gasteiger partial charge in [-0.05, 0) is 23.8 Å². The Morgan fingerprint density at radius 3 is 2.34 bits per heavy atom. The van der Waals surface area contributed by atoms with Gasteiger partial charge < -0.3 is 4.57 Å². The van der Waals surface area contributed by atoms with Crippen molar-refractivity contribution in [2.45, 2.75) is 9.92 Å². The molecule has 0 saturated heterocycles. The van der Waals surface area contributed by atoms with Crippen molar-refractivity contribution in [1.82, 2.24) is 13.9 Å². The molecule has 0 unspecified atom stereocenters. The molecule has 2 heterocycles. The highest BCUT2D eigenvalue weighted by atomic mass is 32.2. The van der Waals surface area contributed by atoms with Crippen molar-refractivity contribution in [3.05, 3.63) is 78.5 Å². The van der Waals surface area contributed by atoms with Gasteiger partial charge in [-0.15, -0.1) is 0 Å². The first-order chi connectivity index (χ1) is 15.3. The second kappa shape index (κ2) is 8.90. The Bertz CT molecular complexity index is 1380. The van der Waals surface area contributed by atoms with Gasteiger partial charge in [0.05, 0.1) is 22.0 Å². The summed E-state index contributed by atoms with van der Waals surface area (Å²) in [5.41, 5.74) is 3.55. The first-order valence-corrected chi connectivity index (χ1v) is 12.4. The third-order valence-electron chi connectivity index (χ3n) is 5.27. The second-order valence-corrected chi connectivity index (χ2v) is 10.6. The van der Waals surface area contributed by atoms with Crippen LogP contribution >= 0.6 is 11.8 Å². The maximum absolute atomic E-state index is 13.4. The van der Waals surface area contributed by atoms with E-state index in [1.807, 2.05) is 61.6 Å². The Balaban J connectivity index is 1.64. The highest BCUT2D eigenvalue weighted by Crippen LogP contribution is 2.34. The number of pyridine rings is 1. The SMILES string of the molecule is CN(C)S(=O)(=O)c1ccc(SCC(=O)c2c(-c3ccccc3)n(C)c3ccccc23)nc1. The minimum absolute atomic E-state index is 0.00237. The summed E-state index contributed by atoms with van der Waals surface area (Å²) >= 11 is 1.29. The summed E-state index contributed by atoms with van der Waals surface area (Å²) < 4.78 is 27.6. The van der Waals surface area contributed by atoms with Gasteiger partial charge in [0.2, 0.25) is 10.0 Å². The first-order valence-electron chi connectivity index (χ1n) is 9.98. The fourth-order valence-corrected chi connectivity index (χ4v) is 5.20. The van der Waals surface area contributed by atoms with Crippen molar-refractivity contribution in [1.29, 1.82) is 0 Å². The number of hydrogen-bond acceptors (Lipinski definition) is 5. The van der Waals surface area contributed by atoms with E-state index in [4.69, 9.17) is 0 Å². The van der Waals surface area contributed by atoms with Gasteiger partial charge in [-0.2, -0.15) is 0 Å². The molecule has 0 aliphatic carbocycles. The number of thioether (sulfide) groups is 1. The van der Waals surface area contributed by atoms with E-state index in [-0.39, 0.29) is 16.4 Å². The number of benzene rings is 2. The van der Waals surface area contributed by atoms with Crippen LogP contribution in [0.2, 0.25) is 0 Å². The summed E-state index contributed by atoms with van der Waals surface area (Å²) in [6.07, 6.45) is 1.33. The molecule has 2 aromatic carbocycles. The average molecular weight is 466 g/mol. The van der Waals surface area contributed by atoms with Crippen molar-refractivity contribution in [3.8, 4) is 11.3 Å². The number of hydrogen-bond donors (Lipinski definition) is 0. The molecule has 32 heavy (non-hydrogen) atoms. The van der Waals surface area contributed by atoms with Gasteiger partial charge in [0.25, 0.3) is 0 Å². The normalized spacial score (nSPS) is 11.9. The number of ketones is 1. The van der Waals surface area contributed by atoms with Gasteiger partial charge >= 0.3 is 0 Å². The van der Waals surface area contributed by atoms with Crippen molar-refractivity contribution >= 4 is 38.5 Å². The van der Waals surface area contributed by atoms with E-state index in [1.165, 1.54) is 38.1 Å². The fraction of sp³-hybridized carbons (Fsp3) is 0.167. The van der Waals surface area contributed by atoms with E-state index in [1.54, 1.807) is 6.07 Å². The lowest BCUT2D eigenvalue weighted by atomic mass is 10.0. The number of fused-ring (bicyclic) bond motifs is 1. The number of rotatable bonds is 7. The van der Waals surface area contributed by atoms with E-state index in [0.717, 1.165) is 26.5 Å². The topological polar surface area (TPSA) is 72.3 Å². The van der Waals surface area contributed by atoms with Gasteiger partial charge in [0.1, 0.15) is 4.90 Å². The van der Waals surface area contributed by atoms with Gasteiger partial charge in [-0.1, -0.05) is 60.3 Å². The predicted molar refractivity (Wildman–Crippen MR) is 129 cm³/mol. The van der Waals surface area contributed by atoms with Gasteiger partial charge in [-0.3, -0.25) is 4.79 Å². The lowest BCUT2D eigenvalue weighted by molar-refractivity contribution is 0.102. The molecule has 4 aromatic rings. The van der Waals surface area contributed by atoms with Crippen molar-refractivity contribution in [3.63, 3.8) is 0 Å². The average Bonchev–Trinajstić information content (AvgIpc) is 3.11. The van der Waals surface area contributed by atoms with Gasteiger partial charge in [0, 0.05) is 38.2 Å². The summed E-state index contributed by atoms with van der Waals surface area (Å²) in [5.74, 6) is 0.193. The quantitative estimate of drug-likeness (QED) is 0.298. The number of aromatic nitrogens is 2. The third kappa shape index (κ3) is 4.09. The van der Waals surface area contributed by atoms with E-state index >= 15 is 0 Å². The second-order valence-electron chi connectivity index (χ2n) is 7.50. The molecule has 0 spiro atoms.